The Hall–Kier alpha value is -2.14. The van der Waals surface area contributed by atoms with E-state index in [9.17, 15) is 4.39 Å². The molecule has 1 nitrogen and oxygen atoms in total. The Morgan fingerprint density at radius 1 is 1.00 bits per heavy atom. The monoisotopic (exact) mass is 267 g/mol. The maximum Gasteiger partial charge on any atom is 0.129 e. The fourth-order valence-corrected chi connectivity index (χ4v) is 2.22. The molecule has 0 fully saturated rings. The van der Waals surface area contributed by atoms with Crippen molar-refractivity contribution >= 4 is 0 Å². The second kappa shape index (κ2) is 6.86. The molecule has 0 bridgehead atoms. The van der Waals surface area contributed by atoms with Gasteiger partial charge in [0.2, 0.25) is 0 Å². The summed E-state index contributed by atoms with van der Waals surface area (Å²) in [5.41, 5.74) is 3.48. The zero-order valence-corrected chi connectivity index (χ0v) is 11.6. The van der Waals surface area contributed by atoms with Gasteiger partial charge in [-0.05, 0) is 35.2 Å². The minimum Gasteiger partial charge on any atom is -0.242 e. The largest absolute Gasteiger partial charge is 0.242 e. The van der Waals surface area contributed by atoms with Gasteiger partial charge in [0.15, 0.2) is 0 Å². The number of nitrogens with zero attached hydrogens (tertiary/aromatic N) is 1. The first-order chi connectivity index (χ1) is 9.72. The molecule has 102 valence electrons. The van der Waals surface area contributed by atoms with Gasteiger partial charge in [0.25, 0.3) is 0 Å². The third kappa shape index (κ3) is 3.68. The Labute approximate surface area is 119 Å². The van der Waals surface area contributed by atoms with Gasteiger partial charge >= 0.3 is 0 Å². The van der Waals surface area contributed by atoms with Gasteiger partial charge in [0.05, 0.1) is 11.6 Å². The van der Waals surface area contributed by atoms with E-state index in [2.05, 4.69) is 13.0 Å². The van der Waals surface area contributed by atoms with Gasteiger partial charge < -0.3 is 0 Å². The molecule has 2 rings (SSSR count). The molecule has 0 amide bonds. The van der Waals surface area contributed by atoms with Crippen molar-refractivity contribution in [1.82, 2.24) is 0 Å². The maximum atomic E-state index is 14.3. The summed E-state index contributed by atoms with van der Waals surface area (Å²) in [4.78, 5) is 0. The number of rotatable bonds is 5. The summed E-state index contributed by atoms with van der Waals surface area (Å²) < 4.78 is 14.3. The molecule has 0 saturated heterocycles. The highest BCUT2D eigenvalue weighted by Gasteiger charge is 2.10. The Bertz CT molecular complexity index is 578. The second-order valence-corrected chi connectivity index (χ2v) is 4.97. The highest BCUT2D eigenvalue weighted by Crippen LogP contribution is 2.23. The zero-order valence-electron chi connectivity index (χ0n) is 11.6. The van der Waals surface area contributed by atoms with Crippen molar-refractivity contribution in [3.8, 4) is 6.07 Å². The van der Waals surface area contributed by atoms with Crippen LogP contribution in [0.5, 0.6) is 0 Å². The summed E-state index contributed by atoms with van der Waals surface area (Å²) in [5.74, 6) is 0. The topological polar surface area (TPSA) is 23.8 Å². The molecule has 2 heteroatoms. The number of halogens is 1. The molecule has 0 radical (unpaired) electrons. The van der Waals surface area contributed by atoms with Crippen molar-refractivity contribution in [3.05, 3.63) is 70.8 Å². The van der Waals surface area contributed by atoms with E-state index >= 15 is 0 Å². The van der Waals surface area contributed by atoms with Crippen molar-refractivity contribution in [2.45, 2.75) is 32.4 Å². The molecule has 1 atom stereocenters. The lowest BCUT2D eigenvalue weighted by Gasteiger charge is -2.09. The Kier molecular flexibility index (Phi) is 4.90. The standard InChI is InChI=1S/C18H18FN/c1-2-3-14-8-10-17(11-9-14)18(19)12-15-4-6-16(13-20)7-5-15/h4-11,18H,2-3,12H2,1H3. The number of hydrogen-bond donors (Lipinski definition) is 0. The lowest BCUT2D eigenvalue weighted by molar-refractivity contribution is 0.342. The third-order valence-electron chi connectivity index (χ3n) is 3.38. The van der Waals surface area contributed by atoms with Crippen LogP contribution in [-0.2, 0) is 12.8 Å². The Morgan fingerprint density at radius 2 is 1.60 bits per heavy atom. The van der Waals surface area contributed by atoms with Crippen LogP contribution in [0.4, 0.5) is 4.39 Å². The maximum absolute atomic E-state index is 14.3. The minimum absolute atomic E-state index is 0.346. The first-order valence-electron chi connectivity index (χ1n) is 6.95. The van der Waals surface area contributed by atoms with Gasteiger partial charge in [-0.3, -0.25) is 0 Å². The van der Waals surface area contributed by atoms with Gasteiger partial charge in [0, 0.05) is 6.42 Å². The van der Waals surface area contributed by atoms with Crippen molar-refractivity contribution in [3.63, 3.8) is 0 Å². The zero-order chi connectivity index (χ0) is 14.4. The predicted octanol–water partition coefficient (Wildman–Crippen LogP) is 4.76. The quantitative estimate of drug-likeness (QED) is 0.766. The van der Waals surface area contributed by atoms with Crippen molar-refractivity contribution in [2.24, 2.45) is 0 Å². The number of nitriles is 1. The van der Waals surface area contributed by atoms with Crippen LogP contribution in [0.2, 0.25) is 0 Å². The van der Waals surface area contributed by atoms with Crippen LogP contribution in [0.25, 0.3) is 0 Å². The van der Waals surface area contributed by atoms with Gasteiger partial charge in [-0.1, -0.05) is 49.7 Å². The smallest absolute Gasteiger partial charge is 0.129 e. The van der Waals surface area contributed by atoms with Gasteiger partial charge in [-0.25, -0.2) is 4.39 Å². The number of benzene rings is 2. The summed E-state index contributed by atoms with van der Waals surface area (Å²) in [6.07, 6.45) is 1.48. The van der Waals surface area contributed by atoms with Crippen LogP contribution in [0.15, 0.2) is 48.5 Å². The van der Waals surface area contributed by atoms with Crippen LogP contribution in [0.3, 0.4) is 0 Å². The van der Waals surface area contributed by atoms with Crippen LogP contribution < -0.4 is 0 Å². The summed E-state index contributed by atoms with van der Waals surface area (Å²) in [6, 6.07) is 16.9. The molecule has 0 saturated carbocycles. The van der Waals surface area contributed by atoms with E-state index < -0.39 is 6.17 Å². The fourth-order valence-electron chi connectivity index (χ4n) is 2.22. The van der Waals surface area contributed by atoms with E-state index in [0.29, 0.717) is 17.5 Å². The SMILES string of the molecule is CCCc1ccc(C(F)Cc2ccc(C#N)cc2)cc1. The average molecular weight is 267 g/mol. The fraction of sp³-hybridized carbons (Fsp3) is 0.278. The molecular weight excluding hydrogens is 249 g/mol. The normalized spacial score (nSPS) is 11.8. The molecule has 2 aromatic carbocycles. The third-order valence-corrected chi connectivity index (χ3v) is 3.38. The average Bonchev–Trinajstić information content (AvgIpc) is 2.49. The molecule has 0 heterocycles. The molecule has 1 unspecified atom stereocenters. The van der Waals surface area contributed by atoms with Crippen LogP contribution >= 0.6 is 0 Å². The highest BCUT2D eigenvalue weighted by atomic mass is 19.1. The summed E-state index contributed by atoms with van der Waals surface area (Å²) in [7, 11) is 0. The summed E-state index contributed by atoms with van der Waals surface area (Å²) in [5, 5.41) is 8.73. The van der Waals surface area contributed by atoms with E-state index in [1.807, 2.05) is 36.4 Å². The lowest BCUT2D eigenvalue weighted by Crippen LogP contribution is -1.97. The van der Waals surface area contributed by atoms with Gasteiger partial charge in [0.1, 0.15) is 6.17 Å². The first kappa shape index (κ1) is 14.3. The van der Waals surface area contributed by atoms with Crippen molar-refractivity contribution in [2.75, 3.05) is 0 Å². The Morgan fingerprint density at radius 3 is 2.15 bits per heavy atom. The van der Waals surface area contributed by atoms with Crippen LogP contribution in [-0.4, -0.2) is 0 Å². The number of aryl methyl sites for hydroxylation is 1. The molecule has 0 N–H and O–H groups in total. The van der Waals surface area contributed by atoms with E-state index in [4.69, 9.17) is 5.26 Å². The van der Waals surface area contributed by atoms with Crippen molar-refractivity contribution < 1.29 is 4.39 Å². The molecule has 0 aromatic heterocycles. The molecule has 2 aromatic rings. The van der Waals surface area contributed by atoms with E-state index in [-0.39, 0.29) is 0 Å². The summed E-state index contributed by atoms with van der Waals surface area (Å²) in [6.45, 7) is 2.14. The van der Waals surface area contributed by atoms with Gasteiger partial charge in [-0.2, -0.15) is 5.26 Å². The van der Waals surface area contributed by atoms with Gasteiger partial charge in [-0.15, -0.1) is 0 Å². The lowest BCUT2D eigenvalue weighted by atomic mass is 10.00. The minimum atomic E-state index is -1.00. The van der Waals surface area contributed by atoms with E-state index in [0.717, 1.165) is 18.4 Å². The van der Waals surface area contributed by atoms with E-state index in [1.165, 1.54) is 5.56 Å². The molecular formula is C18H18FN. The molecule has 0 aliphatic carbocycles. The Balaban J connectivity index is 2.03. The molecule has 20 heavy (non-hydrogen) atoms. The predicted molar refractivity (Wildman–Crippen MR) is 79.1 cm³/mol. The summed E-state index contributed by atoms with van der Waals surface area (Å²) >= 11 is 0. The molecule has 0 spiro atoms. The van der Waals surface area contributed by atoms with Crippen molar-refractivity contribution in [1.29, 1.82) is 5.26 Å². The van der Waals surface area contributed by atoms with E-state index in [1.54, 1.807) is 12.1 Å². The highest BCUT2D eigenvalue weighted by molar-refractivity contribution is 5.33. The second-order valence-electron chi connectivity index (χ2n) is 4.97. The van der Waals surface area contributed by atoms with Crippen LogP contribution in [0, 0.1) is 11.3 Å². The first-order valence-corrected chi connectivity index (χ1v) is 6.95. The number of hydrogen-bond acceptors (Lipinski definition) is 1. The molecule has 0 aliphatic rings. The molecule has 0 aliphatic heterocycles. The number of alkyl halides is 1. The van der Waals surface area contributed by atoms with Crippen LogP contribution in [0.1, 0.15) is 41.8 Å².